The molecule has 0 heterocycles. The highest BCUT2D eigenvalue weighted by Gasteiger charge is 2.16. The summed E-state index contributed by atoms with van der Waals surface area (Å²) in [6, 6.07) is 13.2. The summed E-state index contributed by atoms with van der Waals surface area (Å²) in [5.41, 5.74) is 1.35. The number of benzene rings is 2. The monoisotopic (exact) mass is 390 g/mol. The molecular formula is C20H26N2O4S. The van der Waals surface area contributed by atoms with E-state index in [1.54, 1.807) is 13.8 Å². The lowest BCUT2D eigenvalue weighted by Crippen LogP contribution is -2.30. The van der Waals surface area contributed by atoms with Crippen molar-refractivity contribution < 1.29 is 17.9 Å². The number of carbonyl (C=O) groups excluding carboxylic acids is 1. The van der Waals surface area contributed by atoms with Gasteiger partial charge in [-0.3, -0.25) is 4.79 Å². The van der Waals surface area contributed by atoms with Crippen LogP contribution < -0.4 is 14.8 Å². The molecule has 0 unspecified atom stereocenters. The lowest BCUT2D eigenvalue weighted by atomic mass is 10.2. The van der Waals surface area contributed by atoms with Crippen LogP contribution in [0.5, 0.6) is 5.75 Å². The zero-order chi connectivity index (χ0) is 20.0. The molecule has 0 spiro atoms. The summed E-state index contributed by atoms with van der Waals surface area (Å²) < 4.78 is 32.3. The van der Waals surface area contributed by atoms with Gasteiger partial charge < -0.3 is 10.1 Å². The zero-order valence-corrected chi connectivity index (χ0v) is 16.8. The number of nitrogens with one attached hydrogen (secondary N) is 2. The molecule has 6 nitrogen and oxygen atoms in total. The molecule has 27 heavy (non-hydrogen) atoms. The lowest BCUT2D eigenvalue weighted by molar-refractivity contribution is 0.0951. The lowest BCUT2D eigenvalue weighted by Gasteiger charge is -2.11. The molecule has 2 aromatic carbocycles. The predicted octanol–water partition coefficient (Wildman–Crippen LogP) is 3.09. The fourth-order valence-corrected chi connectivity index (χ4v) is 3.66. The van der Waals surface area contributed by atoms with Crippen LogP contribution >= 0.6 is 0 Å². The smallest absolute Gasteiger partial charge is 0.251 e. The minimum Gasteiger partial charge on any atom is -0.491 e. The van der Waals surface area contributed by atoms with Crippen LogP contribution in [0.25, 0.3) is 0 Å². The van der Waals surface area contributed by atoms with Crippen molar-refractivity contribution in [1.82, 2.24) is 10.0 Å². The number of amides is 1. The van der Waals surface area contributed by atoms with Crippen LogP contribution in [0.3, 0.4) is 0 Å². The minimum atomic E-state index is -3.56. The molecule has 2 N–H and O–H groups in total. The first kappa shape index (κ1) is 20.9. The van der Waals surface area contributed by atoms with Crippen molar-refractivity contribution in [2.45, 2.75) is 51.3 Å². The third-order valence-corrected chi connectivity index (χ3v) is 5.24. The topological polar surface area (TPSA) is 84.5 Å². The molecule has 2 aromatic rings. The van der Waals surface area contributed by atoms with Gasteiger partial charge in [-0.25, -0.2) is 13.1 Å². The standard InChI is InChI=1S/C20H26N2O4S/c1-14(2)22-27(24,25)19-11-7-17(8-12-19)20(23)21-13-16-5-9-18(10-6-16)26-15(3)4/h5-12,14-15,22H,13H2,1-4H3,(H,21,23). The Morgan fingerprint density at radius 2 is 1.56 bits per heavy atom. The quantitative estimate of drug-likeness (QED) is 0.725. The van der Waals surface area contributed by atoms with Gasteiger partial charge in [-0.05, 0) is 69.7 Å². The van der Waals surface area contributed by atoms with Crippen molar-refractivity contribution in [1.29, 1.82) is 0 Å². The molecule has 7 heteroatoms. The van der Waals surface area contributed by atoms with E-state index in [4.69, 9.17) is 4.74 Å². The maximum atomic E-state index is 12.3. The number of carbonyl (C=O) groups is 1. The Kier molecular flexibility index (Phi) is 6.98. The van der Waals surface area contributed by atoms with Crippen molar-refractivity contribution in [3.05, 3.63) is 59.7 Å². The Morgan fingerprint density at radius 3 is 2.07 bits per heavy atom. The largest absolute Gasteiger partial charge is 0.491 e. The van der Waals surface area contributed by atoms with Gasteiger partial charge in [0.05, 0.1) is 11.0 Å². The molecule has 0 aliphatic rings. The molecular weight excluding hydrogens is 364 g/mol. The highest BCUT2D eigenvalue weighted by atomic mass is 32.2. The van der Waals surface area contributed by atoms with Gasteiger partial charge >= 0.3 is 0 Å². The highest BCUT2D eigenvalue weighted by Crippen LogP contribution is 2.14. The summed E-state index contributed by atoms with van der Waals surface area (Å²) in [6.45, 7) is 7.80. The first-order chi connectivity index (χ1) is 12.7. The van der Waals surface area contributed by atoms with Crippen LogP contribution in [0.15, 0.2) is 53.4 Å². The molecule has 0 saturated carbocycles. The molecule has 0 radical (unpaired) electrons. The number of rotatable bonds is 8. The summed E-state index contributed by atoms with van der Waals surface area (Å²) >= 11 is 0. The first-order valence-electron chi connectivity index (χ1n) is 8.83. The van der Waals surface area contributed by atoms with E-state index in [9.17, 15) is 13.2 Å². The third-order valence-electron chi connectivity index (χ3n) is 3.57. The predicted molar refractivity (Wildman–Crippen MR) is 105 cm³/mol. The molecule has 1 amide bonds. The third kappa shape index (κ3) is 6.37. The van der Waals surface area contributed by atoms with Crippen molar-refractivity contribution in [2.24, 2.45) is 0 Å². The van der Waals surface area contributed by atoms with Crippen molar-refractivity contribution >= 4 is 15.9 Å². The van der Waals surface area contributed by atoms with Gasteiger partial charge in [0.25, 0.3) is 5.91 Å². The first-order valence-corrected chi connectivity index (χ1v) is 10.3. The summed E-state index contributed by atoms with van der Waals surface area (Å²) in [4.78, 5) is 12.4. The fourth-order valence-electron chi connectivity index (χ4n) is 2.41. The average Bonchev–Trinajstić information content (AvgIpc) is 2.59. The Bertz CT molecular complexity index is 858. The molecule has 0 bridgehead atoms. The Balaban J connectivity index is 1.96. The molecule has 0 fully saturated rings. The molecule has 0 aromatic heterocycles. The van der Waals surface area contributed by atoms with Crippen LogP contribution in [-0.2, 0) is 16.6 Å². The normalized spacial score (nSPS) is 11.6. The van der Waals surface area contributed by atoms with Crippen LogP contribution in [0.1, 0.15) is 43.6 Å². The van der Waals surface area contributed by atoms with Gasteiger partial charge in [-0.15, -0.1) is 0 Å². The average molecular weight is 391 g/mol. The van der Waals surface area contributed by atoms with Gasteiger partial charge in [-0.2, -0.15) is 0 Å². The maximum absolute atomic E-state index is 12.3. The number of sulfonamides is 1. The molecule has 0 atom stereocenters. The van der Waals surface area contributed by atoms with Gasteiger partial charge in [0, 0.05) is 18.2 Å². The number of ether oxygens (including phenoxy) is 1. The summed E-state index contributed by atoms with van der Waals surface area (Å²) in [6.07, 6.45) is 0.109. The Morgan fingerprint density at radius 1 is 0.963 bits per heavy atom. The summed E-state index contributed by atoms with van der Waals surface area (Å²) in [7, 11) is -3.56. The van der Waals surface area contributed by atoms with Crippen LogP contribution in [0, 0.1) is 0 Å². The van der Waals surface area contributed by atoms with Gasteiger partial charge in [0.2, 0.25) is 10.0 Å². The second-order valence-corrected chi connectivity index (χ2v) is 8.51. The molecule has 146 valence electrons. The highest BCUT2D eigenvalue weighted by molar-refractivity contribution is 7.89. The van der Waals surface area contributed by atoms with Crippen molar-refractivity contribution in [3.8, 4) is 5.75 Å². The van der Waals surface area contributed by atoms with E-state index in [0.29, 0.717) is 12.1 Å². The SMILES string of the molecule is CC(C)NS(=O)(=O)c1ccc(C(=O)NCc2ccc(OC(C)C)cc2)cc1. The second kappa shape index (κ2) is 9.01. The van der Waals surface area contributed by atoms with Gasteiger partial charge in [0.1, 0.15) is 5.75 Å². The van der Waals surface area contributed by atoms with Gasteiger partial charge in [-0.1, -0.05) is 12.1 Å². The van der Waals surface area contributed by atoms with Crippen LogP contribution in [0.2, 0.25) is 0 Å². The number of hydrogen-bond donors (Lipinski definition) is 2. The van der Waals surface area contributed by atoms with E-state index in [-0.39, 0.29) is 22.9 Å². The van der Waals surface area contributed by atoms with Crippen LogP contribution in [-0.4, -0.2) is 26.5 Å². The summed E-state index contributed by atoms with van der Waals surface area (Å²) in [5.74, 6) is 0.519. The van der Waals surface area contributed by atoms with E-state index in [2.05, 4.69) is 10.0 Å². The van der Waals surface area contributed by atoms with Crippen LogP contribution in [0.4, 0.5) is 0 Å². The minimum absolute atomic E-state index is 0.109. The number of hydrogen-bond acceptors (Lipinski definition) is 4. The van der Waals surface area contributed by atoms with E-state index in [1.165, 1.54) is 24.3 Å². The van der Waals surface area contributed by atoms with E-state index in [1.807, 2.05) is 38.1 Å². The fraction of sp³-hybridized carbons (Fsp3) is 0.350. The molecule has 0 aliphatic heterocycles. The second-order valence-electron chi connectivity index (χ2n) is 6.79. The molecule has 0 saturated heterocycles. The zero-order valence-electron chi connectivity index (χ0n) is 16.0. The maximum Gasteiger partial charge on any atom is 0.251 e. The summed E-state index contributed by atoms with van der Waals surface area (Å²) in [5, 5.41) is 2.82. The molecule has 0 aliphatic carbocycles. The van der Waals surface area contributed by atoms with Crippen molar-refractivity contribution in [3.63, 3.8) is 0 Å². The van der Waals surface area contributed by atoms with E-state index >= 15 is 0 Å². The van der Waals surface area contributed by atoms with E-state index in [0.717, 1.165) is 11.3 Å². The molecule has 2 rings (SSSR count). The van der Waals surface area contributed by atoms with Gasteiger partial charge in [0.15, 0.2) is 0 Å². The van der Waals surface area contributed by atoms with Crippen molar-refractivity contribution in [2.75, 3.05) is 0 Å². The Hall–Kier alpha value is -2.38. The van der Waals surface area contributed by atoms with E-state index < -0.39 is 10.0 Å². The Labute approximate surface area is 161 Å².